The van der Waals surface area contributed by atoms with Crippen molar-refractivity contribution in [2.75, 3.05) is 23.8 Å². The predicted octanol–water partition coefficient (Wildman–Crippen LogP) is 0.0373. The molecule has 7 nitrogen and oxygen atoms in total. The molecule has 0 aromatic heterocycles. The van der Waals surface area contributed by atoms with Gasteiger partial charge in [-0.15, -0.1) is 0 Å². The summed E-state index contributed by atoms with van der Waals surface area (Å²) in [7, 11) is -3.06. The van der Waals surface area contributed by atoms with Gasteiger partial charge in [-0.25, -0.2) is 13.2 Å². The number of nitrogen functional groups attached to an aromatic ring is 1. The van der Waals surface area contributed by atoms with Crippen LogP contribution in [0.5, 0.6) is 0 Å². The quantitative estimate of drug-likeness (QED) is 0.596. The summed E-state index contributed by atoms with van der Waals surface area (Å²) >= 11 is 0. The number of carbonyl (C=O) groups excluding carboxylic acids is 2. The summed E-state index contributed by atoms with van der Waals surface area (Å²) in [4.78, 5) is 23.6. The zero-order valence-electron chi connectivity index (χ0n) is 12.2. The van der Waals surface area contributed by atoms with Gasteiger partial charge in [-0.05, 0) is 25.0 Å². The van der Waals surface area contributed by atoms with Gasteiger partial charge in [-0.3, -0.25) is 4.79 Å². The maximum Gasteiger partial charge on any atom is 0.340 e. The molecule has 0 unspecified atom stereocenters. The number of anilines is 1. The molecular formula is C14H18N2O5S. The van der Waals surface area contributed by atoms with Crippen LogP contribution in [0, 0.1) is 6.92 Å². The Morgan fingerprint density at radius 1 is 1.41 bits per heavy atom. The highest BCUT2D eigenvalue weighted by Gasteiger charge is 2.29. The number of nitrogens with two attached hydrogens (primary N) is 1. The third-order valence-electron chi connectivity index (χ3n) is 3.48. The van der Waals surface area contributed by atoms with Gasteiger partial charge in [0.15, 0.2) is 16.4 Å². The molecule has 1 aliphatic rings. The van der Waals surface area contributed by atoms with Crippen LogP contribution in [0.1, 0.15) is 22.3 Å². The van der Waals surface area contributed by atoms with Crippen molar-refractivity contribution in [3.05, 3.63) is 29.3 Å². The highest BCUT2D eigenvalue weighted by molar-refractivity contribution is 7.91. The van der Waals surface area contributed by atoms with Crippen LogP contribution in [0.25, 0.3) is 0 Å². The minimum absolute atomic E-state index is 0.0670. The molecule has 120 valence electrons. The zero-order valence-corrected chi connectivity index (χ0v) is 13.0. The lowest BCUT2D eigenvalue weighted by Crippen LogP contribution is -2.38. The van der Waals surface area contributed by atoms with E-state index >= 15 is 0 Å². The van der Waals surface area contributed by atoms with Gasteiger partial charge in [0.1, 0.15) is 0 Å². The summed E-state index contributed by atoms with van der Waals surface area (Å²) in [6.45, 7) is 1.29. The number of esters is 1. The van der Waals surface area contributed by atoms with Gasteiger partial charge < -0.3 is 15.8 Å². The van der Waals surface area contributed by atoms with E-state index in [4.69, 9.17) is 10.5 Å². The van der Waals surface area contributed by atoms with E-state index in [-0.39, 0.29) is 17.1 Å². The minimum atomic E-state index is -3.06. The summed E-state index contributed by atoms with van der Waals surface area (Å²) in [5, 5.41) is 2.54. The molecule has 22 heavy (non-hydrogen) atoms. The number of ether oxygens (including phenoxy) is 1. The number of aryl methyl sites for hydroxylation is 1. The smallest absolute Gasteiger partial charge is 0.340 e. The fraction of sp³-hybridized carbons (Fsp3) is 0.429. The second-order valence-electron chi connectivity index (χ2n) is 5.28. The molecule has 0 bridgehead atoms. The third-order valence-corrected chi connectivity index (χ3v) is 5.24. The molecule has 2 rings (SSSR count). The molecule has 1 aromatic rings. The van der Waals surface area contributed by atoms with Crippen LogP contribution in [-0.4, -0.2) is 44.4 Å². The highest BCUT2D eigenvalue weighted by Crippen LogP contribution is 2.17. The number of nitrogens with one attached hydrogen (secondary N) is 1. The summed E-state index contributed by atoms with van der Waals surface area (Å²) in [5.74, 6) is -1.22. The standard InChI is InChI=1S/C14H18N2O5S/c1-9-3-2-4-11(13(9)15)14(18)21-7-12(17)16-10-5-6-22(19,20)8-10/h2-4,10H,5-8,15H2,1H3,(H,16,17)/t10-/m1/s1. The average molecular weight is 326 g/mol. The van der Waals surface area contributed by atoms with Crippen molar-refractivity contribution < 1.29 is 22.7 Å². The van der Waals surface area contributed by atoms with Crippen molar-refractivity contribution in [1.29, 1.82) is 0 Å². The predicted molar refractivity (Wildman–Crippen MR) is 81.1 cm³/mol. The molecule has 1 aromatic carbocycles. The Bertz CT molecular complexity index is 699. The van der Waals surface area contributed by atoms with Crippen molar-refractivity contribution >= 4 is 27.4 Å². The first kappa shape index (κ1) is 16.3. The van der Waals surface area contributed by atoms with E-state index < -0.39 is 34.4 Å². The van der Waals surface area contributed by atoms with Gasteiger partial charge in [0, 0.05) is 11.7 Å². The fourth-order valence-corrected chi connectivity index (χ4v) is 3.92. The number of para-hydroxylation sites is 1. The average Bonchev–Trinajstić information content (AvgIpc) is 2.78. The first-order valence-corrected chi connectivity index (χ1v) is 8.62. The van der Waals surface area contributed by atoms with Crippen molar-refractivity contribution in [3.63, 3.8) is 0 Å². The van der Waals surface area contributed by atoms with Gasteiger partial charge in [-0.1, -0.05) is 12.1 Å². The Hall–Kier alpha value is -2.09. The highest BCUT2D eigenvalue weighted by atomic mass is 32.2. The normalized spacial score (nSPS) is 19.6. The molecule has 0 aliphatic carbocycles. The third kappa shape index (κ3) is 3.97. The zero-order chi connectivity index (χ0) is 16.3. The molecule has 0 radical (unpaired) electrons. The van der Waals surface area contributed by atoms with Gasteiger partial charge in [0.05, 0.1) is 17.1 Å². The molecule has 1 atom stereocenters. The SMILES string of the molecule is Cc1cccc(C(=O)OCC(=O)N[C@@H]2CCS(=O)(=O)C2)c1N. The lowest BCUT2D eigenvalue weighted by atomic mass is 10.1. The van der Waals surface area contributed by atoms with Gasteiger partial charge >= 0.3 is 5.97 Å². The Labute approximate surface area is 128 Å². The Morgan fingerprint density at radius 2 is 2.14 bits per heavy atom. The topological polar surface area (TPSA) is 116 Å². The van der Waals surface area contributed by atoms with E-state index in [9.17, 15) is 18.0 Å². The Kier molecular flexibility index (Phi) is 4.70. The lowest BCUT2D eigenvalue weighted by molar-refractivity contribution is -0.124. The summed E-state index contributed by atoms with van der Waals surface area (Å²) in [6.07, 6.45) is 0.382. The Balaban J connectivity index is 1.86. The van der Waals surface area contributed by atoms with Crippen molar-refractivity contribution in [1.82, 2.24) is 5.32 Å². The van der Waals surface area contributed by atoms with Gasteiger partial charge in [-0.2, -0.15) is 0 Å². The van der Waals surface area contributed by atoms with Crippen LogP contribution in [0.15, 0.2) is 18.2 Å². The largest absolute Gasteiger partial charge is 0.452 e. The van der Waals surface area contributed by atoms with Crippen LogP contribution in [0.2, 0.25) is 0 Å². The molecule has 8 heteroatoms. The number of rotatable bonds is 4. The Morgan fingerprint density at radius 3 is 2.77 bits per heavy atom. The maximum atomic E-state index is 11.9. The maximum absolute atomic E-state index is 11.9. The van der Waals surface area contributed by atoms with E-state index in [1.165, 1.54) is 6.07 Å². The summed E-state index contributed by atoms with van der Waals surface area (Å²) < 4.78 is 27.5. The van der Waals surface area contributed by atoms with E-state index in [0.29, 0.717) is 12.1 Å². The van der Waals surface area contributed by atoms with Crippen LogP contribution in [0.4, 0.5) is 5.69 Å². The van der Waals surface area contributed by atoms with E-state index in [1.807, 2.05) is 0 Å². The van der Waals surface area contributed by atoms with Crippen molar-refractivity contribution in [2.45, 2.75) is 19.4 Å². The molecule has 1 aliphatic heterocycles. The fourth-order valence-electron chi connectivity index (χ4n) is 2.25. The molecule has 1 amide bonds. The first-order valence-electron chi connectivity index (χ1n) is 6.80. The molecule has 0 spiro atoms. The number of benzene rings is 1. The second-order valence-corrected chi connectivity index (χ2v) is 7.51. The second kappa shape index (κ2) is 6.35. The van der Waals surface area contributed by atoms with Crippen LogP contribution in [0.3, 0.4) is 0 Å². The van der Waals surface area contributed by atoms with Gasteiger partial charge in [0.25, 0.3) is 5.91 Å². The number of carbonyl (C=O) groups is 2. The van der Waals surface area contributed by atoms with Crippen LogP contribution in [-0.2, 0) is 19.4 Å². The molecule has 3 N–H and O–H groups in total. The summed E-state index contributed by atoms with van der Waals surface area (Å²) in [6, 6.07) is 4.54. The first-order chi connectivity index (χ1) is 10.3. The van der Waals surface area contributed by atoms with Crippen LogP contribution >= 0.6 is 0 Å². The van der Waals surface area contributed by atoms with Crippen molar-refractivity contribution in [3.8, 4) is 0 Å². The summed E-state index contributed by atoms with van der Waals surface area (Å²) in [5.41, 5.74) is 7.05. The van der Waals surface area contributed by atoms with Gasteiger partial charge in [0.2, 0.25) is 0 Å². The minimum Gasteiger partial charge on any atom is -0.452 e. The molecule has 1 saturated heterocycles. The molecule has 1 heterocycles. The molecular weight excluding hydrogens is 308 g/mol. The number of amides is 1. The van der Waals surface area contributed by atoms with Crippen LogP contribution < -0.4 is 11.1 Å². The van der Waals surface area contributed by atoms with E-state index in [2.05, 4.69) is 5.32 Å². The van der Waals surface area contributed by atoms with Crippen molar-refractivity contribution in [2.24, 2.45) is 0 Å². The lowest BCUT2D eigenvalue weighted by Gasteiger charge is -2.12. The monoisotopic (exact) mass is 326 g/mol. The number of sulfone groups is 1. The van der Waals surface area contributed by atoms with E-state index in [1.54, 1.807) is 19.1 Å². The molecule has 1 fully saturated rings. The number of hydrogen-bond acceptors (Lipinski definition) is 6. The number of hydrogen-bond donors (Lipinski definition) is 2. The molecule has 0 saturated carbocycles. The van der Waals surface area contributed by atoms with E-state index in [0.717, 1.165) is 5.56 Å².